The number of halogens is 2. The largest absolute Gasteiger partial charge is 0.131 e. The van der Waals surface area contributed by atoms with Crippen molar-refractivity contribution < 1.29 is 0 Å². The van der Waals surface area contributed by atoms with E-state index in [9.17, 15) is 0 Å². The van der Waals surface area contributed by atoms with Gasteiger partial charge in [-0.25, -0.2) is 0 Å². The van der Waals surface area contributed by atoms with Crippen molar-refractivity contribution in [2.75, 3.05) is 0 Å². The van der Waals surface area contributed by atoms with Crippen molar-refractivity contribution in [3.05, 3.63) is 55.7 Å². The van der Waals surface area contributed by atoms with Gasteiger partial charge < -0.3 is 0 Å². The van der Waals surface area contributed by atoms with E-state index >= 15 is 0 Å². The van der Waals surface area contributed by atoms with Crippen molar-refractivity contribution >= 4 is 43.2 Å². The van der Waals surface area contributed by atoms with Gasteiger partial charge in [-0.1, -0.05) is 59.5 Å². The Morgan fingerprint density at radius 1 is 1.10 bits per heavy atom. The van der Waals surface area contributed by atoms with Crippen LogP contribution in [0.25, 0.3) is 0 Å². The van der Waals surface area contributed by atoms with Crippen molar-refractivity contribution in [3.8, 4) is 0 Å². The van der Waals surface area contributed by atoms with Crippen LogP contribution in [0.4, 0.5) is 0 Å². The summed E-state index contributed by atoms with van der Waals surface area (Å²) in [6.45, 7) is 2.15. The average Bonchev–Trinajstić information content (AvgIpc) is 2.87. The molecule has 21 heavy (non-hydrogen) atoms. The van der Waals surface area contributed by atoms with Gasteiger partial charge in [0.15, 0.2) is 0 Å². The van der Waals surface area contributed by atoms with Gasteiger partial charge in [0.25, 0.3) is 0 Å². The maximum absolute atomic E-state index is 3.85. The molecule has 0 bridgehead atoms. The molecule has 1 aliphatic rings. The summed E-state index contributed by atoms with van der Waals surface area (Å²) in [7, 11) is 0. The molecule has 1 atom stereocenters. The van der Waals surface area contributed by atoms with Gasteiger partial charge >= 0.3 is 0 Å². The summed E-state index contributed by atoms with van der Waals surface area (Å²) in [6.07, 6.45) is 6.96. The molecular weight excluding hydrogens is 408 g/mol. The van der Waals surface area contributed by atoms with E-state index in [4.69, 9.17) is 0 Å². The third-order valence-corrected chi connectivity index (χ3v) is 7.96. The molecule has 1 aliphatic carbocycles. The highest BCUT2D eigenvalue weighted by Crippen LogP contribution is 2.40. The number of hydrogen-bond acceptors (Lipinski definition) is 1. The lowest BCUT2D eigenvalue weighted by atomic mass is 9.84. The molecule has 0 saturated heterocycles. The second kappa shape index (κ2) is 6.97. The third kappa shape index (κ3) is 3.62. The van der Waals surface area contributed by atoms with Gasteiger partial charge in [-0.3, -0.25) is 0 Å². The Morgan fingerprint density at radius 3 is 2.33 bits per heavy atom. The van der Waals surface area contributed by atoms with E-state index in [0.29, 0.717) is 4.83 Å². The van der Waals surface area contributed by atoms with Crippen LogP contribution in [0.3, 0.4) is 0 Å². The fourth-order valence-electron chi connectivity index (χ4n) is 3.15. The summed E-state index contributed by atoms with van der Waals surface area (Å²) in [5, 5.41) is 0. The summed E-state index contributed by atoms with van der Waals surface area (Å²) < 4.78 is 1.24. The minimum atomic E-state index is 0.299. The second-order valence-electron chi connectivity index (χ2n) is 5.97. The molecule has 1 unspecified atom stereocenters. The van der Waals surface area contributed by atoms with E-state index in [1.165, 1.54) is 57.5 Å². The van der Waals surface area contributed by atoms with E-state index in [0.717, 1.165) is 5.92 Å². The van der Waals surface area contributed by atoms with Gasteiger partial charge in [-0.15, -0.1) is 11.3 Å². The molecule has 1 heterocycles. The minimum absolute atomic E-state index is 0.299. The van der Waals surface area contributed by atoms with Crippen LogP contribution in [0.1, 0.15) is 64.4 Å². The number of rotatable bonds is 3. The van der Waals surface area contributed by atoms with E-state index in [1.54, 1.807) is 0 Å². The molecule has 1 aromatic carbocycles. The lowest BCUT2D eigenvalue weighted by molar-refractivity contribution is 0.443. The fourth-order valence-corrected chi connectivity index (χ4v) is 5.44. The van der Waals surface area contributed by atoms with Crippen molar-refractivity contribution in [2.24, 2.45) is 0 Å². The smallest absolute Gasteiger partial charge is 0.0738 e. The van der Waals surface area contributed by atoms with Crippen LogP contribution >= 0.6 is 43.2 Å². The first-order valence-corrected chi connectivity index (χ1v) is 10.2. The van der Waals surface area contributed by atoms with Crippen molar-refractivity contribution in [1.29, 1.82) is 0 Å². The quantitative estimate of drug-likeness (QED) is 0.449. The predicted molar refractivity (Wildman–Crippen MR) is 99.8 cm³/mol. The highest BCUT2D eigenvalue weighted by atomic mass is 79.9. The maximum atomic E-state index is 3.85. The van der Waals surface area contributed by atoms with Crippen molar-refractivity contribution in [1.82, 2.24) is 0 Å². The number of thiophene rings is 1. The Labute approximate surface area is 148 Å². The Kier molecular flexibility index (Phi) is 5.23. The maximum Gasteiger partial charge on any atom is 0.0738 e. The molecule has 3 heteroatoms. The third-order valence-electron chi connectivity index (χ3n) is 4.43. The number of alkyl halides is 1. The number of hydrogen-bond donors (Lipinski definition) is 0. The first-order valence-electron chi connectivity index (χ1n) is 7.65. The molecule has 3 rings (SSSR count). The van der Waals surface area contributed by atoms with Gasteiger partial charge in [0.2, 0.25) is 0 Å². The van der Waals surface area contributed by atoms with Crippen LogP contribution in [0.2, 0.25) is 0 Å². The zero-order valence-corrected chi connectivity index (χ0v) is 16.2. The minimum Gasteiger partial charge on any atom is -0.131 e. The van der Waals surface area contributed by atoms with Crippen LogP contribution in [0.5, 0.6) is 0 Å². The zero-order chi connectivity index (χ0) is 14.8. The lowest BCUT2D eigenvalue weighted by Gasteiger charge is -2.22. The molecule has 0 nitrogen and oxygen atoms in total. The Balaban J connectivity index is 1.76. The molecule has 112 valence electrons. The monoisotopic (exact) mass is 426 g/mol. The summed E-state index contributed by atoms with van der Waals surface area (Å²) in [6, 6.07) is 11.5. The first kappa shape index (κ1) is 15.8. The van der Waals surface area contributed by atoms with Gasteiger partial charge in [0.05, 0.1) is 8.61 Å². The van der Waals surface area contributed by atoms with Gasteiger partial charge in [-0.2, -0.15) is 0 Å². The SMILES string of the molecule is Cc1cc(C(Br)c2ccc(C3CCCCC3)cc2)sc1Br. The molecule has 1 aromatic heterocycles. The summed E-state index contributed by atoms with van der Waals surface area (Å²) in [5.41, 5.74) is 4.20. The molecule has 0 radical (unpaired) electrons. The second-order valence-corrected chi connectivity index (χ2v) is 9.29. The first-order chi connectivity index (χ1) is 10.1. The Hall–Kier alpha value is -0.120. The molecule has 1 saturated carbocycles. The van der Waals surface area contributed by atoms with Crippen molar-refractivity contribution in [2.45, 2.75) is 49.8 Å². The van der Waals surface area contributed by atoms with Crippen LogP contribution in [-0.4, -0.2) is 0 Å². The van der Waals surface area contributed by atoms with E-state index in [-0.39, 0.29) is 0 Å². The van der Waals surface area contributed by atoms with E-state index < -0.39 is 0 Å². The van der Waals surface area contributed by atoms with E-state index in [1.807, 2.05) is 11.3 Å². The number of benzene rings is 1. The predicted octanol–water partition coefficient (Wildman–Crippen LogP) is 7.35. The highest BCUT2D eigenvalue weighted by molar-refractivity contribution is 9.11. The van der Waals surface area contributed by atoms with Crippen LogP contribution in [0, 0.1) is 6.92 Å². The van der Waals surface area contributed by atoms with Gasteiger partial charge in [0, 0.05) is 4.88 Å². The molecule has 1 fully saturated rings. The average molecular weight is 428 g/mol. The van der Waals surface area contributed by atoms with Crippen molar-refractivity contribution in [3.63, 3.8) is 0 Å². The van der Waals surface area contributed by atoms with Crippen LogP contribution < -0.4 is 0 Å². The molecule has 0 spiro atoms. The Morgan fingerprint density at radius 2 is 1.76 bits per heavy atom. The van der Waals surface area contributed by atoms with Crippen LogP contribution in [0.15, 0.2) is 34.1 Å². The molecule has 0 aliphatic heterocycles. The molecule has 0 amide bonds. The normalized spacial score (nSPS) is 17.9. The summed E-state index contributed by atoms with van der Waals surface area (Å²) >= 11 is 9.29. The molecular formula is C18H20Br2S. The van der Waals surface area contributed by atoms with Gasteiger partial charge in [-0.05, 0) is 64.4 Å². The molecule has 0 N–H and O–H groups in total. The lowest BCUT2D eigenvalue weighted by Crippen LogP contribution is -2.04. The standard InChI is InChI=1S/C18H20Br2S/c1-12-11-16(21-18(12)20)17(19)15-9-7-14(8-10-15)13-5-3-2-4-6-13/h7-11,13,17H,2-6H2,1H3. The summed E-state index contributed by atoms with van der Waals surface area (Å²) in [4.78, 5) is 1.66. The summed E-state index contributed by atoms with van der Waals surface area (Å²) in [5.74, 6) is 0.791. The van der Waals surface area contributed by atoms with Crippen LogP contribution in [-0.2, 0) is 0 Å². The zero-order valence-electron chi connectivity index (χ0n) is 12.2. The number of aryl methyl sites for hydroxylation is 1. The van der Waals surface area contributed by atoms with Gasteiger partial charge in [0.1, 0.15) is 0 Å². The topological polar surface area (TPSA) is 0 Å². The molecule has 2 aromatic rings. The highest BCUT2D eigenvalue weighted by Gasteiger charge is 2.17. The Bertz CT molecular complexity index is 575. The van der Waals surface area contributed by atoms with E-state index in [2.05, 4.69) is 69.1 Å². The fraction of sp³-hybridized carbons (Fsp3) is 0.444.